The second kappa shape index (κ2) is 12.0. The average Bonchev–Trinajstić information content (AvgIpc) is 2.75. The minimum absolute atomic E-state index is 0.0227. The van der Waals surface area contributed by atoms with Crippen molar-refractivity contribution in [1.29, 1.82) is 0 Å². The van der Waals surface area contributed by atoms with Gasteiger partial charge in [-0.05, 0) is 40.6 Å². The molecule has 0 spiro atoms. The number of hydrogen-bond acceptors (Lipinski definition) is 2. The molecular weight excluding hydrogens is 384 g/mol. The third kappa shape index (κ3) is 6.28. The molecular formula is C27H38O2Si. The minimum Gasteiger partial charge on any atom is -0.407 e. The Morgan fingerprint density at radius 2 is 1.50 bits per heavy atom. The fraction of sp³-hybridized carbons (Fsp3) is 0.407. The molecule has 30 heavy (non-hydrogen) atoms. The number of rotatable bonds is 11. The molecule has 2 nitrogen and oxygen atoms in total. The molecule has 1 unspecified atom stereocenters. The van der Waals surface area contributed by atoms with Crippen molar-refractivity contribution in [2.45, 2.75) is 52.0 Å². The topological polar surface area (TPSA) is 29.5 Å². The Labute approximate surface area is 184 Å². The number of benzene rings is 2. The number of aliphatic hydroxyl groups excluding tert-OH is 1. The van der Waals surface area contributed by atoms with Crippen LogP contribution < -0.4 is 10.4 Å². The summed E-state index contributed by atoms with van der Waals surface area (Å²) in [4.78, 5) is 0. The van der Waals surface area contributed by atoms with Crippen molar-refractivity contribution in [2.24, 2.45) is 5.92 Å². The summed E-state index contributed by atoms with van der Waals surface area (Å²) in [6.45, 7) is 10.1. The highest BCUT2D eigenvalue weighted by Crippen LogP contribution is 2.36. The molecule has 2 aromatic carbocycles. The van der Waals surface area contributed by atoms with E-state index in [0.717, 1.165) is 25.9 Å². The highest BCUT2D eigenvalue weighted by molar-refractivity contribution is 6.99. The van der Waals surface area contributed by atoms with Gasteiger partial charge in [-0.25, -0.2) is 0 Å². The van der Waals surface area contributed by atoms with E-state index in [0.29, 0.717) is 5.92 Å². The molecule has 0 fully saturated rings. The van der Waals surface area contributed by atoms with Gasteiger partial charge in [0.25, 0.3) is 8.32 Å². The van der Waals surface area contributed by atoms with Gasteiger partial charge in [0.05, 0.1) is 6.61 Å². The van der Waals surface area contributed by atoms with Gasteiger partial charge >= 0.3 is 0 Å². The third-order valence-corrected chi connectivity index (χ3v) is 10.8. The highest BCUT2D eigenvalue weighted by Gasteiger charge is 2.49. The lowest BCUT2D eigenvalue weighted by molar-refractivity contribution is 0.281. The first-order valence-corrected chi connectivity index (χ1v) is 13.1. The lowest BCUT2D eigenvalue weighted by Gasteiger charge is -2.43. The summed E-state index contributed by atoms with van der Waals surface area (Å²) in [7, 11) is -2.42. The normalized spacial score (nSPS) is 13.9. The first kappa shape index (κ1) is 24.3. The minimum atomic E-state index is -2.42. The van der Waals surface area contributed by atoms with Crippen LogP contribution in [0, 0.1) is 5.92 Å². The lowest BCUT2D eigenvalue weighted by atomic mass is 10.00. The fourth-order valence-corrected chi connectivity index (χ4v) is 8.74. The molecule has 1 N–H and O–H groups in total. The van der Waals surface area contributed by atoms with Crippen LogP contribution in [0.1, 0.15) is 47.0 Å². The molecule has 0 radical (unpaired) electrons. The maximum Gasteiger partial charge on any atom is 0.261 e. The van der Waals surface area contributed by atoms with Gasteiger partial charge in [0.2, 0.25) is 0 Å². The smallest absolute Gasteiger partial charge is 0.261 e. The SMILES string of the molecule is CCC(C=CC=CCO)CCCO[Si](c1ccccc1)(c1ccccc1)C(C)(C)C. The number of aliphatic hydroxyl groups is 1. The molecule has 0 amide bonds. The van der Waals surface area contributed by atoms with E-state index in [9.17, 15) is 0 Å². The van der Waals surface area contributed by atoms with Crippen LogP contribution in [-0.4, -0.2) is 26.6 Å². The second-order valence-electron chi connectivity index (χ2n) is 8.82. The molecule has 2 rings (SSSR count). The molecule has 0 aliphatic rings. The van der Waals surface area contributed by atoms with Crippen LogP contribution in [0.3, 0.4) is 0 Å². The van der Waals surface area contributed by atoms with E-state index in [1.807, 2.05) is 12.2 Å². The summed E-state index contributed by atoms with van der Waals surface area (Å²) in [6.07, 6.45) is 11.2. The van der Waals surface area contributed by atoms with Crippen molar-refractivity contribution in [3.8, 4) is 0 Å². The van der Waals surface area contributed by atoms with Gasteiger partial charge in [0, 0.05) is 6.61 Å². The van der Waals surface area contributed by atoms with Crippen molar-refractivity contribution >= 4 is 18.7 Å². The first-order valence-electron chi connectivity index (χ1n) is 11.1. The molecule has 0 aliphatic heterocycles. The standard InChI is InChI=1S/C27H38O2Si/c1-5-24(16-9-8-14-22-28)17-15-23-29-30(27(2,3)4,25-18-10-6-11-19-25)26-20-12-7-13-21-26/h6-14,16,18-21,24,28H,5,15,17,22-23H2,1-4H3. The van der Waals surface area contributed by atoms with Gasteiger partial charge in [-0.15, -0.1) is 0 Å². The van der Waals surface area contributed by atoms with Gasteiger partial charge in [-0.2, -0.15) is 0 Å². The van der Waals surface area contributed by atoms with Crippen LogP contribution in [0.4, 0.5) is 0 Å². The maximum absolute atomic E-state index is 8.86. The number of allylic oxidation sites excluding steroid dienone is 3. The Bertz CT molecular complexity index is 736. The summed E-state index contributed by atoms with van der Waals surface area (Å²) in [5.74, 6) is 0.538. The zero-order chi connectivity index (χ0) is 21.9. The van der Waals surface area contributed by atoms with E-state index >= 15 is 0 Å². The van der Waals surface area contributed by atoms with E-state index in [4.69, 9.17) is 9.53 Å². The molecule has 0 aliphatic carbocycles. The van der Waals surface area contributed by atoms with Crippen molar-refractivity contribution in [1.82, 2.24) is 0 Å². The summed E-state index contributed by atoms with van der Waals surface area (Å²) in [6, 6.07) is 21.7. The zero-order valence-corrected chi connectivity index (χ0v) is 20.1. The first-order chi connectivity index (χ1) is 14.5. The molecule has 0 saturated carbocycles. The van der Waals surface area contributed by atoms with Gasteiger partial charge in [-0.1, -0.05) is 113 Å². The predicted octanol–water partition coefficient (Wildman–Crippen LogP) is 5.47. The number of hydrogen-bond donors (Lipinski definition) is 1. The van der Waals surface area contributed by atoms with Crippen molar-refractivity contribution in [2.75, 3.05) is 13.2 Å². The quantitative estimate of drug-likeness (QED) is 0.295. The van der Waals surface area contributed by atoms with E-state index in [2.05, 4.69) is 94.4 Å². The molecule has 2 aromatic rings. The van der Waals surface area contributed by atoms with Crippen LogP contribution in [-0.2, 0) is 4.43 Å². The van der Waals surface area contributed by atoms with E-state index in [1.54, 1.807) is 6.08 Å². The Morgan fingerprint density at radius 1 is 0.933 bits per heavy atom. The summed E-state index contributed by atoms with van der Waals surface area (Å²) >= 11 is 0. The van der Waals surface area contributed by atoms with Crippen molar-refractivity contribution in [3.05, 3.63) is 85.0 Å². The lowest BCUT2D eigenvalue weighted by Crippen LogP contribution is -2.66. The van der Waals surface area contributed by atoms with E-state index in [-0.39, 0.29) is 11.6 Å². The Hall–Kier alpha value is -1.94. The molecule has 0 saturated heterocycles. The molecule has 0 heterocycles. The Kier molecular flexibility index (Phi) is 9.77. The monoisotopic (exact) mass is 422 g/mol. The van der Waals surface area contributed by atoms with Crippen molar-refractivity contribution in [3.63, 3.8) is 0 Å². The van der Waals surface area contributed by atoms with E-state index in [1.165, 1.54) is 10.4 Å². The molecule has 0 bridgehead atoms. The van der Waals surface area contributed by atoms with Crippen LogP contribution in [0.15, 0.2) is 85.0 Å². The molecule has 3 heteroatoms. The van der Waals surface area contributed by atoms with Gasteiger partial charge < -0.3 is 9.53 Å². The summed E-state index contributed by atoms with van der Waals surface area (Å²) < 4.78 is 6.97. The Balaban J connectivity index is 2.21. The average molecular weight is 423 g/mol. The van der Waals surface area contributed by atoms with Crippen LogP contribution in [0.5, 0.6) is 0 Å². The molecule has 0 aromatic heterocycles. The Morgan fingerprint density at radius 3 is 1.97 bits per heavy atom. The third-order valence-electron chi connectivity index (χ3n) is 5.71. The summed E-state index contributed by atoms with van der Waals surface area (Å²) in [5, 5.41) is 11.6. The molecule has 162 valence electrons. The second-order valence-corrected chi connectivity index (χ2v) is 13.1. The van der Waals surface area contributed by atoms with Crippen LogP contribution >= 0.6 is 0 Å². The summed E-state index contributed by atoms with van der Waals surface area (Å²) in [5.41, 5.74) is 0. The van der Waals surface area contributed by atoms with Crippen LogP contribution in [0.2, 0.25) is 5.04 Å². The zero-order valence-electron chi connectivity index (χ0n) is 19.1. The van der Waals surface area contributed by atoms with E-state index < -0.39 is 8.32 Å². The van der Waals surface area contributed by atoms with Gasteiger partial charge in [0.1, 0.15) is 0 Å². The highest BCUT2D eigenvalue weighted by atomic mass is 28.4. The van der Waals surface area contributed by atoms with Gasteiger partial charge in [-0.3, -0.25) is 0 Å². The van der Waals surface area contributed by atoms with Crippen molar-refractivity contribution < 1.29 is 9.53 Å². The predicted molar refractivity (Wildman–Crippen MR) is 132 cm³/mol. The molecule has 1 atom stereocenters. The maximum atomic E-state index is 8.86. The largest absolute Gasteiger partial charge is 0.407 e. The van der Waals surface area contributed by atoms with Gasteiger partial charge in [0.15, 0.2) is 0 Å². The fourth-order valence-electron chi connectivity index (χ4n) is 4.13. The van der Waals surface area contributed by atoms with Crippen LogP contribution in [0.25, 0.3) is 0 Å².